The van der Waals surface area contributed by atoms with E-state index < -0.39 is 0 Å². The molecule has 1 radical (unpaired) electrons. The van der Waals surface area contributed by atoms with Crippen molar-refractivity contribution in [1.29, 1.82) is 0 Å². The van der Waals surface area contributed by atoms with Crippen molar-refractivity contribution >= 4 is 18.2 Å². The van der Waals surface area contributed by atoms with Gasteiger partial charge in [-0.1, -0.05) is 36.4 Å². The molecule has 0 atom stereocenters. The molecule has 0 N–H and O–H groups in total. The van der Waals surface area contributed by atoms with Crippen LogP contribution in [-0.2, 0) is 0 Å². The Morgan fingerprint density at radius 3 is 2.81 bits per heavy atom. The van der Waals surface area contributed by atoms with Gasteiger partial charge in [0.05, 0.1) is 0 Å². The van der Waals surface area contributed by atoms with Crippen LogP contribution >= 0.6 is 0 Å². The summed E-state index contributed by atoms with van der Waals surface area (Å²) in [7, 11) is 0. The number of rotatable bonds is 0. The maximum Gasteiger partial charge on any atom is -0.00987 e. The summed E-state index contributed by atoms with van der Waals surface area (Å²) in [4.78, 5) is 0. The van der Waals surface area contributed by atoms with E-state index in [1.54, 1.807) is 0 Å². The van der Waals surface area contributed by atoms with Crippen LogP contribution in [0.4, 0.5) is 0 Å². The summed E-state index contributed by atoms with van der Waals surface area (Å²) in [5.41, 5.74) is 2.60. The van der Waals surface area contributed by atoms with E-state index in [-0.39, 0.29) is 0 Å². The summed E-state index contributed by atoms with van der Waals surface area (Å²) >= 11 is 0. The standard InChI is InChI=1S/C16H9/c1-2-7-15-13(4-1)9-14-8-11-5-3-6-12(11)10-16(14)15/h1-4,6-10H. The van der Waals surface area contributed by atoms with Gasteiger partial charge in [-0.15, -0.1) is 0 Å². The minimum atomic E-state index is 1.21. The quantitative estimate of drug-likeness (QED) is 0.520. The summed E-state index contributed by atoms with van der Waals surface area (Å²) in [5, 5.41) is 5.23. The maximum absolute atomic E-state index is 3.26. The Hall–Kier alpha value is -2.08. The SMILES string of the molecule is [C]1=c2cc3c(cc2C=C1)=c1ccccc1=C3. The van der Waals surface area contributed by atoms with Gasteiger partial charge in [-0.3, -0.25) is 0 Å². The lowest BCUT2D eigenvalue weighted by Gasteiger charge is -1.95. The van der Waals surface area contributed by atoms with E-state index in [0.29, 0.717) is 0 Å². The number of hydrogen-bond donors (Lipinski definition) is 0. The van der Waals surface area contributed by atoms with Crippen molar-refractivity contribution in [2.24, 2.45) is 0 Å². The molecule has 2 aromatic rings. The molecule has 0 aromatic heterocycles. The summed E-state index contributed by atoms with van der Waals surface area (Å²) in [6.45, 7) is 0. The summed E-state index contributed by atoms with van der Waals surface area (Å²) in [6.07, 6.45) is 9.62. The molecule has 0 spiro atoms. The molecule has 0 aliphatic heterocycles. The molecule has 0 amide bonds. The first-order valence-corrected chi connectivity index (χ1v) is 5.47. The Morgan fingerprint density at radius 2 is 1.81 bits per heavy atom. The van der Waals surface area contributed by atoms with Crippen molar-refractivity contribution in [1.82, 2.24) is 0 Å². The van der Waals surface area contributed by atoms with Gasteiger partial charge in [0.25, 0.3) is 0 Å². The van der Waals surface area contributed by atoms with Crippen LogP contribution in [0.2, 0.25) is 0 Å². The maximum atomic E-state index is 3.26. The molecule has 2 aromatic carbocycles. The number of benzene rings is 2. The molecule has 0 heteroatoms. The summed E-state index contributed by atoms with van der Waals surface area (Å²) in [5.74, 6) is 0. The van der Waals surface area contributed by atoms with Crippen molar-refractivity contribution < 1.29 is 0 Å². The first-order chi connectivity index (χ1) is 7.92. The Balaban J connectivity index is 2.31. The second-order valence-corrected chi connectivity index (χ2v) is 4.24. The lowest BCUT2D eigenvalue weighted by molar-refractivity contribution is 1.45. The van der Waals surface area contributed by atoms with E-state index >= 15 is 0 Å². The lowest BCUT2D eigenvalue weighted by Crippen LogP contribution is -2.02. The van der Waals surface area contributed by atoms with Crippen LogP contribution in [0.25, 0.3) is 18.2 Å². The average Bonchev–Trinajstić information content (AvgIpc) is 2.88. The molecule has 2 aliphatic carbocycles. The van der Waals surface area contributed by atoms with Gasteiger partial charge in [0, 0.05) is 0 Å². The van der Waals surface area contributed by atoms with Crippen molar-refractivity contribution in [3.8, 4) is 0 Å². The molecular weight excluding hydrogens is 192 g/mol. The number of fused-ring (bicyclic) bond motifs is 3. The van der Waals surface area contributed by atoms with E-state index in [9.17, 15) is 0 Å². The molecule has 4 rings (SSSR count). The molecule has 0 unspecified atom stereocenters. The highest BCUT2D eigenvalue weighted by Crippen LogP contribution is 2.12. The van der Waals surface area contributed by atoms with Gasteiger partial charge < -0.3 is 0 Å². The third kappa shape index (κ3) is 0.938. The highest BCUT2D eigenvalue weighted by Gasteiger charge is 2.05. The van der Waals surface area contributed by atoms with Crippen LogP contribution in [0.15, 0.2) is 42.5 Å². The van der Waals surface area contributed by atoms with Crippen LogP contribution < -0.4 is 10.4 Å². The molecule has 0 saturated heterocycles. The highest BCUT2D eigenvalue weighted by molar-refractivity contribution is 5.69. The number of hydrogen-bond acceptors (Lipinski definition) is 0. The smallest absolute Gasteiger partial charge is 0.00987 e. The van der Waals surface area contributed by atoms with Crippen molar-refractivity contribution in [2.75, 3.05) is 0 Å². The monoisotopic (exact) mass is 201 g/mol. The van der Waals surface area contributed by atoms with Gasteiger partial charge in [-0.05, 0) is 56.3 Å². The molecule has 73 valence electrons. The second kappa shape index (κ2) is 2.73. The third-order valence-corrected chi connectivity index (χ3v) is 3.29. The molecule has 16 heavy (non-hydrogen) atoms. The fourth-order valence-corrected chi connectivity index (χ4v) is 2.51. The van der Waals surface area contributed by atoms with Crippen molar-refractivity contribution in [3.63, 3.8) is 0 Å². The highest BCUT2D eigenvalue weighted by atomic mass is 14.1. The van der Waals surface area contributed by atoms with Gasteiger partial charge in [-0.2, -0.15) is 0 Å². The van der Waals surface area contributed by atoms with Gasteiger partial charge in [0.1, 0.15) is 0 Å². The zero-order valence-corrected chi connectivity index (χ0v) is 8.70. The topological polar surface area (TPSA) is 0 Å². The van der Waals surface area contributed by atoms with Crippen LogP contribution in [0.1, 0.15) is 11.1 Å². The van der Waals surface area contributed by atoms with Gasteiger partial charge >= 0.3 is 0 Å². The molecular formula is C16H9. The zero-order valence-electron chi connectivity index (χ0n) is 8.70. The van der Waals surface area contributed by atoms with Gasteiger partial charge in [0.15, 0.2) is 0 Å². The first kappa shape index (κ1) is 8.12. The predicted molar refractivity (Wildman–Crippen MR) is 65.8 cm³/mol. The van der Waals surface area contributed by atoms with Crippen molar-refractivity contribution in [3.05, 3.63) is 74.5 Å². The largest absolute Gasteiger partial charge is 0.0616 e. The third-order valence-electron chi connectivity index (χ3n) is 3.29. The van der Waals surface area contributed by atoms with E-state index in [2.05, 4.69) is 54.6 Å². The molecule has 0 saturated carbocycles. The summed E-state index contributed by atoms with van der Waals surface area (Å²) in [6, 6.07) is 13.0. The molecule has 0 heterocycles. The molecule has 0 fully saturated rings. The minimum absolute atomic E-state index is 1.21. The Bertz CT molecular complexity index is 837. The summed E-state index contributed by atoms with van der Waals surface area (Å²) < 4.78 is 0. The van der Waals surface area contributed by atoms with Gasteiger partial charge in [-0.25, -0.2) is 0 Å². The normalized spacial score (nSPS) is 13.8. The van der Waals surface area contributed by atoms with Crippen LogP contribution in [0.5, 0.6) is 0 Å². The average molecular weight is 201 g/mol. The van der Waals surface area contributed by atoms with E-state index in [1.807, 2.05) is 6.08 Å². The van der Waals surface area contributed by atoms with Crippen LogP contribution in [0.3, 0.4) is 0 Å². The number of allylic oxidation sites excluding steroid dienone is 1. The predicted octanol–water partition coefficient (Wildman–Crippen LogP) is 1.80. The minimum Gasteiger partial charge on any atom is -0.0616 e. The fourth-order valence-electron chi connectivity index (χ4n) is 2.51. The van der Waals surface area contributed by atoms with E-state index in [1.165, 1.54) is 32.0 Å². The van der Waals surface area contributed by atoms with Crippen LogP contribution in [0, 0.1) is 10.4 Å². The van der Waals surface area contributed by atoms with E-state index in [4.69, 9.17) is 0 Å². The van der Waals surface area contributed by atoms with Crippen molar-refractivity contribution in [2.45, 2.75) is 0 Å². The zero-order chi connectivity index (χ0) is 10.5. The fraction of sp³-hybridized carbons (Fsp3) is 0. The first-order valence-electron chi connectivity index (χ1n) is 5.47. The van der Waals surface area contributed by atoms with Crippen LogP contribution in [-0.4, -0.2) is 0 Å². The molecule has 0 bridgehead atoms. The second-order valence-electron chi connectivity index (χ2n) is 4.24. The Morgan fingerprint density at radius 1 is 0.875 bits per heavy atom. The Kier molecular flexibility index (Phi) is 1.39. The van der Waals surface area contributed by atoms with E-state index in [0.717, 1.165) is 0 Å². The Labute approximate surface area is 93.2 Å². The molecule has 2 aliphatic rings. The molecule has 0 nitrogen and oxygen atoms in total. The lowest BCUT2D eigenvalue weighted by atomic mass is 10.1. The van der Waals surface area contributed by atoms with Gasteiger partial charge in [0.2, 0.25) is 0 Å².